The Balaban J connectivity index is 1.63. The zero-order valence-electron chi connectivity index (χ0n) is 13.0. The van der Waals surface area contributed by atoms with Crippen molar-refractivity contribution in [2.45, 2.75) is 6.73 Å². The maximum atomic E-state index is 13.5. The van der Waals surface area contributed by atoms with E-state index in [4.69, 9.17) is 4.74 Å². The van der Waals surface area contributed by atoms with E-state index < -0.39 is 29.2 Å². The van der Waals surface area contributed by atoms with E-state index in [9.17, 15) is 22.4 Å². The summed E-state index contributed by atoms with van der Waals surface area (Å²) in [6, 6.07) is 7.14. The topological polar surface area (TPSA) is 56.2 Å². The lowest BCUT2D eigenvalue weighted by molar-refractivity contribution is 0.102. The Morgan fingerprint density at radius 1 is 1.00 bits per heavy atom. The molecular weight excluding hydrogens is 354 g/mol. The van der Waals surface area contributed by atoms with Gasteiger partial charge in [-0.2, -0.15) is 5.10 Å². The predicted molar refractivity (Wildman–Crippen MR) is 83.5 cm³/mol. The van der Waals surface area contributed by atoms with Crippen LogP contribution in [0.25, 0.3) is 0 Å². The number of nitrogens with zero attached hydrogens (tertiary/aromatic N) is 2. The quantitative estimate of drug-likeness (QED) is 0.701. The van der Waals surface area contributed by atoms with Gasteiger partial charge in [-0.1, -0.05) is 0 Å². The minimum Gasteiger partial charge on any atom is -0.468 e. The lowest BCUT2D eigenvalue weighted by Crippen LogP contribution is -2.14. The van der Waals surface area contributed by atoms with E-state index in [1.807, 2.05) is 0 Å². The second-order valence-corrected chi connectivity index (χ2v) is 5.17. The fourth-order valence-electron chi connectivity index (χ4n) is 2.05. The Kier molecular flexibility index (Phi) is 4.87. The van der Waals surface area contributed by atoms with Crippen molar-refractivity contribution in [2.24, 2.45) is 0 Å². The number of carbonyl (C=O) groups excluding carboxylic acids is 1. The zero-order valence-corrected chi connectivity index (χ0v) is 13.0. The fraction of sp³-hybridized carbons (Fsp3) is 0.0588. The van der Waals surface area contributed by atoms with Crippen LogP contribution in [0.3, 0.4) is 0 Å². The third-order valence-electron chi connectivity index (χ3n) is 3.30. The molecule has 0 saturated heterocycles. The average molecular weight is 365 g/mol. The molecule has 0 atom stereocenters. The van der Waals surface area contributed by atoms with Gasteiger partial charge in [-0.15, -0.1) is 0 Å². The van der Waals surface area contributed by atoms with Crippen LogP contribution in [0.5, 0.6) is 5.75 Å². The monoisotopic (exact) mass is 365 g/mol. The van der Waals surface area contributed by atoms with E-state index in [2.05, 4.69) is 10.4 Å². The number of hydrogen-bond donors (Lipinski definition) is 1. The number of rotatable bonds is 5. The van der Waals surface area contributed by atoms with E-state index in [1.54, 1.807) is 0 Å². The summed E-state index contributed by atoms with van der Waals surface area (Å²) in [5.41, 5.74) is 0.0472. The molecule has 26 heavy (non-hydrogen) atoms. The molecule has 0 aliphatic carbocycles. The Hall–Kier alpha value is -3.36. The van der Waals surface area contributed by atoms with Crippen molar-refractivity contribution >= 4 is 11.6 Å². The molecule has 1 heterocycles. The molecule has 0 unspecified atom stereocenters. The van der Waals surface area contributed by atoms with Gasteiger partial charge in [0.25, 0.3) is 5.91 Å². The second kappa shape index (κ2) is 7.26. The molecule has 3 aromatic rings. The van der Waals surface area contributed by atoms with Crippen LogP contribution in [-0.4, -0.2) is 15.7 Å². The van der Waals surface area contributed by atoms with Crippen molar-refractivity contribution in [3.05, 3.63) is 77.6 Å². The molecule has 0 spiro atoms. The molecular formula is C17H11F4N3O2. The van der Waals surface area contributed by atoms with E-state index in [1.165, 1.54) is 23.0 Å². The Bertz CT molecular complexity index is 959. The molecule has 0 fully saturated rings. The lowest BCUT2D eigenvalue weighted by atomic mass is 10.3. The van der Waals surface area contributed by atoms with Gasteiger partial charge in [-0.25, -0.2) is 22.2 Å². The van der Waals surface area contributed by atoms with E-state index in [-0.39, 0.29) is 23.9 Å². The molecule has 0 aliphatic heterocycles. The molecule has 1 amide bonds. The number of ether oxygens (including phenoxy) is 1. The van der Waals surface area contributed by atoms with Crippen molar-refractivity contribution in [2.75, 3.05) is 5.32 Å². The number of aromatic nitrogens is 2. The zero-order chi connectivity index (χ0) is 18.7. The number of anilines is 1. The van der Waals surface area contributed by atoms with E-state index >= 15 is 0 Å². The van der Waals surface area contributed by atoms with Gasteiger partial charge in [0, 0.05) is 24.0 Å². The predicted octanol–water partition coefficient (Wildman–Crippen LogP) is 3.73. The van der Waals surface area contributed by atoms with Gasteiger partial charge >= 0.3 is 0 Å². The smallest absolute Gasteiger partial charge is 0.276 e. The Morgan fingerprint density at radius 3 is 2.54 bits per heavy atom. The molecule has 9 heteroatoms. The lowest BCUT2D eigenvalue weighted by Gasteiger charge is -2.07. The first-order valence-corrected chi connectivity index (χ1v) is 7.30. The van der Waals surface area contributed by atoms with Gasteiger partial charge in [-0.05, 0) is 30.3 Å². The number of carbonyl (C=O) groups is 1. The van der Waals surface area contributed by atoms with Crippen molar-refractivity contribution in [3.63, 3.8) is 0 Å². The summed E-state index contributed by atoms with van der Waals surface area (Å²) < 4.78 is 58.7. The van der Waals surface area contributed by atoms with Gasteiger partial charge in [0.05, 0.1) is 0 Å². The number of halogens is 4. The van der Waals surface area contributed by atoms with Crippen molar-refractivity contribution in [1.29, 1.82) is 0 Å². The fourth-order valence-corrected chi connectivity index (χ4v) is 2.05. The Morgan fingerprint density at radius 2 is 1.81 bits per heavy atom. The Labute approximate surface area is 144 Å². The molecule has 0 radical (unpaired) electrons. The summed E-state index contributed by atoms with van der Waals surface area (Å²) in [5.74, 6) is -4.54. The number of benzene rings is 2. The summed E-state index contributed by atoms with van der Waals surface area (Å²) in [7, 11) is 0. The van der Waals surface area contributed by atoms with Crippen molar-refractivity contribution < 1.29 is 27.1 Å². The first kappa shape index (κ1) is 17.5. The SMILES string of the molecule is O=C(Nc1ccc(F)c(F)c1)c1ccn(COc2ccc(F)cc2F)n1. The molecule has 0 saturated carbocycles. The largest absolute Gasteiger partial charge is 0.468 e. The number of hydrogen-bond acceptors (Lipinski definition) is 3. The van der Waals surface area contributed by atoms with E-state index in [0.717, 1.165) is 24.3 Å². The molecule has 1 N–H and O–H groups in total. The van der Waals surface area contributed by atoms with Crippen molar-refractivity contribution in [3.8, 4) is 5.75 Å². The third-order valence-corrected chi connectivity index (χ3v) is 3.30. The molecule has 1 aromatic heterocycles. The second-order valence-electron chi connectivity index (χ2n) is 5.17. The molecule has 134 valence electrons. The standard InChI is InChI=1S/C17H11F4N3O2/c18-10-1-4-16(14(21)7-10)26-9-24-6-5-15(23-24)17(25)22-11-2-3-12(19)13(20)8-11/h1-8H,9H2,(H,22,25). The maximum Gasteiger partial charge on any atom is 0.276 e. The summed E-state index contributed by atoms with van der Waals surface area (Å²) >= 11 is 0. The van der Waals surface area contributed by atoms with Crippen LogP contribution < -0.4 is 10.1 Å². The van der Waals surface area contributed by atoms with Crippen LogP contribution in [0, 0.1) is 23.3 Å². The van der Waals surface area contributed by atoms with Crippen LogP contribution in [0.4, 0.5) is 23.2 Å². The maximum absolute atomic E-state index is 13.5. The van der Waals surface area contributed by atoms with Gasteiger partial charge < -0.3 is 10.1 Å². The van der Waals surface area contributed by atoms with Gasteiger partial charge in [0.15, 0.2) is 35.6 Å². The number of amides is 1. The molecule has 0 bridgehead atoms. The highest BCUT2D eigenvalue weighted by Gasteiger charge is 2.12. The average Bonchev–Trinajstić information content (AvgIpc) is 3.06. The summed E-state index contributed by atoms with van der Waals surface area (Å²) in [4.78, 5) is 12.0. The van der Waals surface area contributed by atoms with Gasteiger partial charge in [-0.3, -0.25) is 4.79 Å². The first-order valence-electron chi connectivity index (χ1n) is 7.30. The summed E-state index contributed by atoms with van der Waals surface area (Å²) in [5, 5.41) is 6.29. The van der Waals surface area contributed by atoms with Gasteiger partial charge in [0.2, 0.25) is 0 Å². The van der Waals surface area contributed by atoms with E-state index in [0.29, 0.717) is 6.07 Å². The van der Waals surface area contributed by atoms with Crippen LogP contribution in [0.1, 0.15) is 10.5 Å². The normalized spacial score (nSPS) is 10.6. The minimum absolute atomic E-state index is 0.0158. The van der Waals surface area contributed by atoms with Crippen LogP contribution in [0.2, 0.25) is 0 Å². The van der Waals surface area contributed by atoms with Crippen LogP contribution in [-0.2, 0) is 6.73 Å². The number of nitrogens with one attached hydrogen (secondary N) is 1. The van der Waals surface area contributed by atoms with Crippen LogP contribution >= 0.6 is 0 Å². The third kappa shape index (κ3) is 4.00. The summed E-state index contributed by atoms with van der Waals surface area (Å²) in [6.07, 6.45) is 1.40. The summed E-state index contributed by atoms with van der Waals surface area (Å²) in [6.45, 7) is -0.221. The highest BCUT2D eigenvalue weighted by molar-refractivity contribution is 6.02. The molecule has 0 aliphatic rings. The minimum atomic E-state index is -1.09. The highest BCUT2D eigenvalue weighted by atomic mass is 19.2. The van der Waals surface area contributed by atoms with Crippen LogP contribution in [0.15, 0.2) is 48.7 Å². The molecule has 5 nitrogen and oxygen atoms in total. The molecule has 3 rings (SSSR count). The first-order chi connectivity index (χ1) is 12.4. The molecule has 2 aromatic carbocycles. The highest BCUT2D eigenvalue weighted by Crippen LogP contribution is 2.18. The van der Waals surface area contributed by atoms with Gasteiger partial charge in [0.1, 0.15) is 5.82 Å². The van der Waals surface area contributed by atoms with Crippen molar-refractivity contribution in [1.82, 2.24) is 9.78 Å².